The summed E-state index contributed by atoms with van der Waals surface area (Å²) in [6.07, 6.45) is 3.46. The average Bonchev–Trinajstić information content (AvgIpc) is 2.29. The molecule has 0 bridgehead atoms. The van der Waals surface area contributed by atoms with Crippen LogP contribution in [0.4, 0.5) is 4.39 Å². The molecule has 1 heterocycles. The third kappa shape index (κ3) is 2.27. The normalized spacial score (nSPS) is 10.8. The van der Waals surface area contributed by atoms with Gasteiger partial charge in [-0.2, -0.15) is 0 Å². The van der Waals surface area contributed by atoms with E-state index >= 15 is 0 Å². The highest BCUT2D eigenvalue weighted by Gasteiger charge is 2.05. The summed E-state index contributed by atoms with van der Waals surface area (Å²) in [6, 6.07) is 8.94. The van der Waals surface area contributed by atoms with E-state index in [1.165, 1.54) is 0 Å². The van der Waals surface area contributed by atoms with E-state index in [4.69, 9.17) is 0 Å². The van der Waals surface area contributed by atoms with Crippen LogP contribution < -0.4 is 0 Å². The summed E-state index contributed by atoms with van der Waals surface area (Å²) >= 11 is 0. The highest BCUT2D eigenvalue weighted by atomic mass is 19.1. The van der Waals surface area contributed by atoms with Gasteiger partial charge in [-0.3, -0.25) is 4.98 Å². The molecule has 0 N–H and O–H groups in total. The van der Waals surface area contributed by atoms with Crippen molar-refractivity contribution in [3.63, 3.8) is 0 Å². The Balaban J connectivity index is 2.50. The average molecular weight is 215 g/mol. The van der Waals surface area contributed by atoms with Crippen LogP contribution in [0.2, 0.25) is 0 Å². The van der Waals surface area contributed by atoms with Gasteiger partial charge in [0.05, 0.1) is 0 Å². The lowest BCUT2D eigenvalue weighted by Crippen LogP contribution is -1.91. The zero-order valence-corrected chi connectivity index (χ0v) is 9.44. The minimum Gasteiger partial charge on any atom is -0.264 e. The fourth-order valence-corrected chi connectivity index (χ4v) is 1.65. The van der Waals surface area contributed by atoms with Crippen LogP contribution in [-0.4, -0.2) is 4.98 Å². The van der Waals surface area contributed by atoms with Gasteiger partial charge >= 0.3 is 0 Å². The summed E-state index contributed by atoms with van der Waals surface area (Å²) in [4.78, 5) is 4.04. The number of nitrogens with zero attached hydrogens (tertiary/aromatic N) is 1. The van der Waals surface area contributed by atoms with Gasteiger partial charge in [0.2, 0.25) is 0 Å². The zero-order valence-electron chi connectivity index (χ0n) is 9.44. The first-order chi connectivity index (χ1) is 7.66. The Kier molecular flexibility index (Phi) is 3.00. The Bertz CT molecular complexity index is 477. The van der Waals surface area contributed by atoms with E-state index in [-0.39, 0.29) is 5.82 Å². The fraction of sp³-hybridized carbons (Fsp3) is 0.214. The molecule has 1 aromatic carbocycles. The van der Waals surface area contributed by atoms with Crippen LogP contribution in [0.25, 0.3) is 11.1 Å². The molecule has 2 heteroatoms. The number of benzene rings is 1. The number of aromatic nitrogens is 1. The SMILES string of the molecule is CC(C)c1cc(F)cc(-c2cccnc2)c1. The third-order valence-corrected chi connectivity index (χ3v) is 2.58. The molecule has 0 saturated heterocycles. The maximum absolute atomic E-state index is 13.5. The van der Waals surface area contributed by atoms with Gasteiger partial charge in [-0.05, 0) is 35.2 Å². The molecule has 0 radical (unpaired) electrons. The molecule has 0 atom stereocenters. The maximum Gasteiger partial charge on any atom is 0.124 e. The molecule has 0 amide bonds. The highest BCUT2D eigenvalue weighted by Crippen LogP contribution is 2.24. The van der Waals surface area contributed by atoms with Gasteiger partial charge in [0.15, 0.2) is 0 Å². The third-order valence-electron chi connectivity index (χ3n) is 2.58. The monoisotopic (exact) mass is 215 g/mol. The van der Waals surface area contributed by atoms with Gasteiger partial charge in [-0.15, -0.1) is 0 Å². The van der Waals surface area contributed by atoms with E-state index < -0.39 is 0 Å². The van der Waals surface area contributed by atoms with Crippen molar-refractivity contribution < 1.29 is 4.39 Å². The molecule has 82 valence electrons. The second-order valence-electron chi connectivity index (χ2n) is 4.17. The summed E-state index contributed by atoms with van der Waals surface area (Å²) < 4.78 is 13.5. The Morgan fingerprint density at radius 3 is 2.56 bits per heavy atom. The fourth-order valence-electron chi connectivity index (χ4n) is 1.65. The van der Waals surface area contributed by atoms with Crippen molar-refractivity contribution in [3.8, 4) is 11.1 Å². The van der Waals surface area contributed by atoms with Gasteiger partial charge in [-0.1, -0.05) is 26.0 Å². The number of halogens is 1. The van der Waals surface area contributed by atoms with E-state index in [1.54, 1.807) is 24.5 Å². The number of rotatable bonds is 2. The van der Waals surface area contributed by atoms with E-state index in [1.807, 2.05) is 18.2 Å². The van der Waals surface area contributed by atoms with E-state index in [9.17, 15) is 4.39 Å². The van der Waals surface area contributed by atoms with Gasteiger partial charge in [0.25, 0.3) is 0 Å². The van der Waals surface area contributed by atoms with Crippen LogP contribution in [0.5, 0.6) is 0 Å². The predicted molar refractivity (Wildman–Crippen MR) is 63.7 cm³/mol. The van der Waals surface area contributed by atoms with E-state index in [2.05, 4.69) is 18.8 Å². The topological polar surface area (TPSA) is 12.9 Å². The van der Waals surface area contributed by atoms with Crippen molar-refractivity contribution in [2.24, 2.45) is 0 Å². The molecule has 1 aromatic heterocycles. The summed E-state index contributed by atoms with van der Waals surface area (Å²) in [5, 5.41) is 0. The largest absolute Gasteiger partial charge is 0.264 e. The van der Waals surface area contributed by atoms with Gasteiger partial charge < -0.3 is 0 Å². The molecule has 0 aliphatic heterocycles. The van der Waals surface area contributed by atoms with Crippen LogP contribution in [0.1, 0.15) is 25.3 Å². The predicted octanol–water partition coefficient (Wildman–Crippen LogP) is 4.01. The molecule has 1 nitrogen and oxygen atoms in total. The van der Waals surface area contributed by atoms with Crippen molar-refractivity contribution in [1.82, 2.24) is 4.98 Å². The van der Waals surface area contributed by atoms with Crippen LogP contribution in [-0.2, 0) is 0 Å². The second kappa shape index (κ2) is 4.44. The van der Waals surface area contributed by atoms with E-state index in [0.717, 1.165) is 16.7 Å². The summed E-state index contributed by atoms with van der Waals surface area (Å²) in [5.74, 6) is 0.135. The molecule has 0 saturated carbocycles. The standard InChI is InChI=1S/C14H14FN/c1-10(2)12-6-13(8-14(15)7-12)11-4-3-5-16-9-11/h3-10H,1-2H3. The van der Waals surface area contributed by atoms with Crippen molar-refractivity contribution in [1.29, 1.82) is 0 Å². The molecule has 16 heavy (non-hydrogen) atoms. The molecule has 0 aliphatic rings. The lowest BCUT2D eigenvalue weighted by Gasteiger charge is -2.08. The Morgan fingerprint density at radius 1 is 1.12 bits per heavy atom. The molecule has 2 rings (SSSR count). The summed E-state index contributed by atoms with van der Waals surface area (Å²) in [6.45, 7) is 4.11. The summed E-state index contributed by atoms with van der Waals surface area (Å²) in [7, 11) is 0. The van der Waals surface area contributed by atoms with Crippen LogP contribution in [0.15, 0.2) is 42.7 Å². The molecule has 0 unspecified atom stereocenters. The smallest absolute Gasteiger partial charge is 0.124 e. The maximum atomic E-state index is 13.5. The van der Waals surface area contributed by atoms with Crippen LogP contribution in [0, 0.1) is 5.82 Å². The van der Waals surface area contributed by atoms with Crippen LogP contribution >= 0.6 is 0 Å². The van der Waals surface area contributed by atoms with Crippen molar-refractivity contribution in [3.05, 3.63) is 54.1 Å². The highest BCUT2D eigenvalue weighted by molar-refractivity contribution is 5.63. The molecule has 0 fully saturated rings. The first kappa shape index (κ1) is 10.8. The van der Waals surface area contributed by atoms with Crippen molar-refractivity contribution in [2.75, 3.05) is 0 Å². The van der Waals surface area contributed by atoms with Crippen LogP contribution in [0.3, 0.4) is 0 Å². The molecular weight excluding hydrogens is 201 g/mol. The minimum atomic E-state index is -0.190. The molecule has 0 aliphatic carbocycles. The zero-order chi connectivity index (χ0) is 11.5. The molecule has 0 spiro atoms. The first-order valence-corrected chi connectivity index (χ1v) is 5.37. The van der Waals surface area contributed by atoms with Crippen molar-refractivity contribution in [2.45, 2.75) is 19.8 Å². The minimum absolute atomic E-state index is 0.190. The van der Waals surface area contributed by atoms with Gasteiger partial charge in [-0.25, -0.2) is 4.39 Å². The Hall–Kier alpha value is -1.70. The first-order valence-electron chi connectivity index (χ1n) is 5.37. The number of hydrogen-bond acceptors (Lipinski definition) is 1. The lowest BCUT2D eigenvalue weighted by molar-refractivity contribution is 0.624. The quantitative estimate of drug-likeness (QED) is 0.737. The number of hydrogen-bond donors (Lipinski definition) is 0. The molecular formula is C14H14FN. The van der Waals surface area contributed by atoms with E-state index in [0.29, 0.717) is 5.92 Å². The van der Waals surface area contributed by atoms with Gasteiger partial charge in [0.1, 0.15) is 5.82 Å². The lowest BCUT2D eigenvalue weighted by atomic mass is 9.98. The Labute approximate surface area is 95.0 Å². The number of pyridine rings is 1. The Morgan fingerprint density at radius 2 is 1.94 bits per heavy atom. The van der Waals surface area contributed by atoms with Gasteiger partial charge in [0, 0.05) is 18.0 Å². The summed E-state index contributed by atoms with van der Waals surface area (Å²) in [5.41, 5.74) is 2.85. The van der Waals surface area contributed by atoms with Crippen molar-refractivity contribution >= 4 is 0 Å². The second-order valence-corrected chi connectivity index (χ2v) is 4.17. The molecule has 2 aromatic rings.